The van der Waals surface area contributed by atoms with E-state index in [0.29, 0.717) is 17.7 Å². The molecule has 0 aliphatic carbocycles. The lowest BCUT2D eigenvalue weighted by atomic mass is 9.99. The zero-order valence-corrected chi connectivity index (χ0v) is 12.3. The topological polar surface area (TPSA) is 32.3 Å². The van der Waals surface area contributed by atoms with Crippen LogP contribution < -0.4 is 5.32 Å². The van der Waals surface area contributed by atoms with Gasteiger partial charge in [0.15, 0.2) is 0 Å². The highest BCUT2D eigenvalue weighted by atomic mass is 19.1. The first-order chi connectivity index (χ1) is 9.56. The van der Waals surface area contributed by atoms with Crippen LogP contribution in [0.3, 0.4) is 0 Å². The molecule has 1 heterocycles. The molecule has 0 spiro atoms. The SMILES string of the molecule is Cc1cc(C(=O)NCCN2CCC(C)CC2)ccc1F. The third-order valence-electron chi connectivity index (χ3n) is 4.01. The molecule has 1 aromatic carbocycles. The first-order valence-electron chi connectivity index (χ1n) is 7.33. The summed E-state index contributed by atoms with van der Waals surface area (Å²) in [6.07, 6.45) is 2.48. The van der Waals surface area contributed by atoms with Crippen molar-refractivity contribution in [1.29, 1.82) is 0 Å². The molecule has 1 N–H and O–H groups in total. The van der Waals surface area contributed by atoms with Crippen molar-refractivity contribution in [1.82, 2.24) is 10.2 Å². The molecular formula is C16H23FN2O. The van der Waals surface area contributed by atoms with Crippen LogP contribution in [0.25, 0.3) is 0 Å². The summed E-state index contributed by atoms with van der Waals surface area (Å²) in [5.74, 6) is 0.422. The van der Waals surface area contributed by atoms with Gasteiger partial charge in [-0.05, 0) is 62.5 Å². The summed E-state index contributed by atoms with van der Waals surface area (Å²) >= 11 is 0. The quantitative estimate of drug-likeness (QED) is 0.918. The van der Waals surface area contributed by atoms with Gasteiger partial charge in [-0.15, -0.1) is 0 Å². The number of rotatable bonds is 4. The average molecular weight is 278 g/mol. The highest BCUT2D eigenvalue weighted by Gasteiger charge is 2.15. The molecule has 4 heteroatoms. The van der Waals surface area contributed by atoms with Gasteiger partial charge in [0.2, 0.25) is 0 Å². The van der Waals surface area contributed by atoms with Gasteiger partial charge in [0.05, 0.1) is 0 Å². The highest BCUT2D eigenvalue weighted by Crippen LogP contribution is 2.15. The summed E-state index contributed by atoms with van der Waals surface area (Å²) in [7, 11) is 0. The van der Waals surface area contributed by atoms with Crippen LogP contribution in [-0.2, 0) is 0 Å². The Labute approximate surface area is 120 Å². The Morgan fingerprint density at radius 3 is 2.75 bits per heavy atom. The van der Waals surface area contributed by atoms with E-state index in [4.69, 9.17) is 0 Å². The number of nitrogens with zero attached hydrogens (tertiary/aromatic N) is 1. The number of amides is 1. The monoisotopic (exact) mass is 278 g/mol. The Balaban J connectivity index is 1.76. The van der Waals surface area contributed by atoms with Crippen molar-refractivity contribution in [2.75, 3.05) is 26.2 Å². The lowest BCUT2D eigenvalue weighted by Crippen LogP contribution is -2.39. The van der Waals surface area contributed by atoms with Gasteiger partial charge in [0.25, 0.3) is 5.91 Å². The molecule has 1 aliphatic heterocycles. The van der Waals surface area contributed by atoms with E-state index in [9.17, 15) is 9.18 Å². The molecule has 0 aromatic heterocycles. The second-order valence-electron chi connectivity index (χ2n) is 5.74. The van der Waals surface area contributed by atoms with Crippen LogP contribution in [0, 0.1) is 18.7 Å². The molecule has 1 aliphatic rings. The van der Waals surface area contributed by atoms with E-state index in [1.807, 2.05) is 0 Å². The predicted octanol–water partition coefficient (Wildman–Crippen LogP) is 2.60. The largest absolute Gasteiger partial charge is 0.351 e. The van der Waals surface area contributed by atoms with Gasteiger partial charge in [-0.3, -0.25) is 4.79 Å². The molecule has 110 valence electrons. The molecule has 0 unspecified atom stereocenters. The lowest BCUT2D eigenvalue weighted by Gasteiger charge is -2.30. The number of carbonyl (C=O) groups is 1. The Morgan fingerprint density at radius 1 is 1.40 bits per heavy atom. The van der Waals surface area contributed by atoms with Gasteiger partial charge in [0.1, 0.15) is 5.82 Å². The summed E-state index contributed by atoms with van der Waals surface area (Å²) in [5.41, 5.74) is 1.03. The zero-order chi connectivity index (χ0) is 14.5. The Hall–Kier alpha value is -1.42. The molecule has 1 aromatic rings. The minimum absolute atomic E-state index is 0.126. The smallest absolute Gasteiger partial charge is 0.251 e. The van der Waals surface area contributed by atoms with Gasteiger partial charge in [-0.2, -0.15) is 0 Å². The van der Waals surface area contributed by atoms with Crippen molar-refractivity contribution in [2.45, 2.75) is 26.7 Å². The van der Waals surface area contributed by atoms with Crippen molar-refractivity contribution in [3.05, 3.63) is 35.1 Å². The number of hydrogen-bond donors (Lipinski definition) is 1. The highest BCUT2D eigenvalue weighted by molar-refractivity contribution is 5.94. The standard InChI is InChI=1S/C16H23FN2O/c1-12-5-8-19(9-6-12)10-7-18-16(20)14-3-4-15(17)13(2)11-14/h3-4,11-12H,5-10H2,1-2H3,(H,18,20). The van der Waals surface area contributed by atoms with Gasteiger partial charge >= 0.3 is 0 Å². The molecule has 0 saturated carbocycles. The Kier molecular flexibility index (Phi) is 5.12. The van der Waals surface area contributed by atoms with Crippen LogP contribution in [0.1, 0.15) is 35.7 Å². The van der Waals surface area contributed by atoms with Gasteiger partial charge in [-0.1, -0.05) is 6.92 Å². The molecule has 3 nitrogen and oxygen atoms in total. The third-order valence-corrected chi connectivity index (χ3v) is 4.01. The first kappa shape index (κ1) is 15.0. The second kappa shape index (κ2) is 6.84. The molecule has 20 heavy (non-hydrogen) atoms. The van der Waals surface area contributed by atoms with Crippen molar-refractivity contribution in [3.63, 3.8) is 0 Å². The molecule has 0 atom stereocenters. The maximum atomic E-state index is 13.2. The molecule has 1 saturated heterocycles. The third kappa shape index (κ3) is 4.04. The summed E-state index contributed by atoms with van der Waals surface area (Å²) in [6.45, 7) is 7.72. The molecular weight excluding hydrogens is 255 g/mol. The molecule has 1 fully saturated rings. The van der Waals surface area contributed by atoms with Gasteiger partial charge in [0, 0.05) is 18.7 Å². The van der Waals surface area contributed by atoms with Crippen molar-refractivity contribution >= 4 is 5.91 Å². The van der Waals surface area contributed by atoms with Gasteiger partial charge in [-0.25, -0.2) is 4.39 Å². The second-order valence-corrected chi connectivity index (χ2v) is 5.74. The van der Waals surface area contributed by atoms with Crippen LogP contribution in [0.5, 0.6) is 0 Å². The Bertz CT molecular complexity index is 468. The number of halogens is 1. The normalized spacial score (nSPS) is 17.1. The van der Waals surface area contributed by atoms with E-state index in [1.54, 1.807) is 13.0 Å². The predicted molar refractivity (Wildman–Crippen MR) is 78.3 cm³/mol. The molecule has 0 radical (unpaired) electrons. The van der Waals surface area contributed by atoms with Gasteiger partial charge < -0.3 is 10.2 Å². The van der Waals surface area contributed by atoms with Crippen LogP contribution >= 0.6 is 0 Å². The average Bonchev–Trinajstić information content (AvgIpc) is 2.44. The molecule has 2 rings (SSSR count). The van der Waals surface area contributed by atoms with E-state index >= 15 is 0 Å². The fraction of sp³-hybridized carbons (Fsp3) is 0.562. The summed E-state index contributed by atoms with van der Waals surface area (Å²) in [5, 5.41) is 2.90. The number of nitrogens with one attached hydrogen (secondary N) is 1. The van der Waals surface area contributed by atoms with Crippen molar-refractivity contribution < 1.29 is 9.18 Å². The van der Waals surface area contributed by atoms with Crippen molar-refractivity contribution in [2.24, 2.45) is 5.92 Å². The van der Waals surface area contributed by atoms with E-state index in [-0.39, 0.29) is 11.7 Å². The minimum Gasteiger partial charge on any atom is -0.351 e. The van der Waals surface area contributed by atoms with Crippen LogP contribution in [0.2, 0.25) is 0 Å². The summed E-state index contributed by atoms with van der Waals surface area (Å²) in [4.78, 5) is 14.3. The summed E-state index contributed by atoms with van der Waals surface area (Å²) in [6, 6.07) is 4.46. The fourth-order valence-corrected chi connectivity index (χ4v) is 2.50. The minimum atomic E-state index is -0.274. The van der Waals surface area contributed by atoms with Crippen LogP contribution in [0.15, 0.2) is 18.2 Å². The number of aryl methyl sites for hydroxylation is 1. The maximum absolute atomic E-state index is 13.2. The number of piperidine rings is 1. The van der Waals surface area contributed by atoms with E-state index in [1.165, 1.54) is 25.0 Å². The lowest BCUT2D eigenvalue weighted by molar-refractivity contribution is 0.0944. The van der Waals surface area contributed by atoms with E-state index in [2.05, 4.69) is 17.1 Å². The van der Waals surface area contributed by atoms with E-state index < -0.39 is 0 Å². The number of benzene rings is 1. The molecule has 1 amide bonds. The van der Waals surface area contributed by atoms with Crippen molar-refractivity contribution in [3.8, 4) is 0 Å². The number of likely N-dealkylation sites (tertiary alicyclic amines) is 1. The zero-order valence-electron chi connectivity index (χ0n) is 12.3. The summed E-state index contributed by atoms with van der Waals surface area (Å²) < 4.78 is 13.2. The van der Waals surface area contributed by atoms with E-state index in [0.717, 1.165) is 25.6 Å². The number of carbonyl (C=O) groups excluding carboxylic acids is 1. The molecule has 0 bridgehead atoms. The fourth-order valence-electron chi connectivity index (χ4n) is 2.50. The van der Waals surface area contributed by atoms with Crippen LogP contribution in [0.4, 0.5) is 4.39 Å². The Morgan fingerprint density at radius 2 is 2.10 bits per heavy atom. The van der Waals surface area contributed by atoms with Crippen LogP contribution in [-0.4, -0.2) is 37.0 Å². The first-order valence-corrected chi connectivity index (χ1v) is 7.33. The maximum Gasteiger partial charge on any atom is 0.251 e. The number of hydrogen-bond acceptors (Lipinski definition) is 2.